The molecule has 0 fully saturated rings. The zero-order valence-electron chi connectivity index (χ0n) is 10.00. The van der Waals surface area contributed by atoms with E-state index in [4.69, 9.17) is 0 Å². The lowest BCUT2D eigenvalue weighted by Gasteiger charge is -2.00. The molecule has 100 valence electrons. The van der Waals surface area contributed by atoms with Gasteiger partial charge >= 0.3 is 0 Å². The smallest absolute Gasteiger partial charge is 0.258 e. The molecule has 5 nitrogen and oxygen atoms in total. The summed E-state index contributed by atoms with van der Waals surface area (Å²) in [5, 5.41) is 10.8. The third kappa shape index (κ3) is 3.74. The molecule has 19 heavy (non-hydrogen) atoms. The molecule has 0 unspecified atom stereocenters. The number of rotatable bonds is 5. The van der Waals surface area contributed by atoms with E-state index in [1.54, 1.807) is 23.9 Å². The molecule has 0 spiro atoms. The zero-order valence-corrected chi connectivity index (χ0v) is 13.2. The predicted octanol–water partition coefficient (Wildman–Crippen LogP) is 4.06. The maximum absolute atomic E-state index is 10.8. The van der Waals surface area contributed by atoms with E-state index >= 15 is 0 Å². The molecule has 0 atom stereocenters. The lowest BCUT2D eigenvalue weighted by Crippen LogP contribution is -1.91. The van der Waals surface area contributed by atoms with Gasteiger partial charge in [-0.3, -0.25) is 10.1 Å². The zero-order chi connectivity index (χ0) is 13.8. The van der Waals surface area contributed by atoms with Crippen molar-refractivity contribution in [2.75, 3.05) is 0 Å². The summed E-state index contributed by atoms with van der Waals surface area (Å²) in [4.78, 5) is 14.8. The molecule has 2 rings (SSSR count). The molecule has 0 saturated carbocycles. The number of nitro groups is 1. The van der Waals surface area contributed by atoms with Crippen LogP contribution < -0.4 is 0 Å². The summed E-state index contributed by atoms with van der Waals surface area (Å²) < 4.78 is 5.59. The van der Waals surface area contributed by atoms with E-state index < -0.39 is 4.92 Å². The van der Waals surface area contributed by atoms with E-state index in [9.17, 15) is 10.1 Å². The van der Waals surface area contributed by atoms with E-state index in [0.717, 1.165) is 22.1 Å². The number of hydrogen-bond donors (Lipinski definition) is 0. The van der Waals surface area contributed by atoms with Gasteiger partial charge in [-0.05, 0) is 39.1 Å². The van der Waals surface area contributed by atoms with Gasteiger partial charge in [-0.2, -0.15) is 4.37 Å². The Balaban J connectivity index is 2.07. The van der Waals surface area contributed by atoms with Gasteiger partial charge in [-0.15, -0.1) is 0 Å². The fourth-order valence-electron chi connectivity index (χ4n) is 1.37. The van der Waals surface area contributed by atoms with E-state index in [2.05, 4.69) is 25.3 Å². The first-order valence-corrected chi connectivity index (χ1v) is 8.03. The van der Waals surface area contributed by atoms with Crippen LogP contribution in [0.1, 0.15) is 18.3 Å². The Morgan fingerprint density at radius 3 is 2.95 bits per heavy atom. The number of aromatic nitrogens is 2. The lowest BCUT2D eigenvalue weighted by molar-refractivity contribution is -0.385. The monoisotopic (exact) mass is 359 g/mol. The van der Waals surface area contributed by atoms with Gasteiger partial charge in [0.15, 0.2) is 4.34 Å². The van der Waals surface area contributed by atoms with Gasteiger partial charge < -0.3 is 0 Å². The standard InChI is InChI=1S/C11H10BrN3O2S2/c1-2-10-13-11(19-14-10)18-6-7-3-4-8(12)9(5-7)15(16)17/h3-5H,2,6H2,1H3. The third-order valence-corrected chi connectivity index (χ3v) is 4.95. The predicted molar refractivity (Wildman–Crippen MR) is 79.6 cm³/mol. The van der Waals surface area contributed by atoms with Crippen molar-refractivity contribution in [2.45, 2.75) is 23.4 Å². The molecule has 0 aliphatic rings. The molecule has 8 heteroatoms. The highest BCUT2D eigenvalue weighted by Crippen LogP contribution is 2.29. The van der Waals surface area contributed by atoms with Crippen LogP contribution >= 0.6 is 39.2 Å². The number of hydrogen-bond acceptors (Lipinski definition) is 6. The second kappa shape index (κ2) is 6.44. The highest BCUT2D eigenvalue weighted by Gasteiger charge is 2.12. The molecule has 1 aromatic carbocycles. The van der Waals surface area contributed by atoms with Gasteiger partial charge in [-0.1, -0.05) is 24.8 Å². The van der Waals surface area contributed by atoms with E-state index in [1.165, 1.54) is 11.5 Å². The van der Waals surface area contributed by atoms with Gasteiger partial charge in [0.1, 0.15) is 5.82 Å². The minimum Gasteiger partial charge on any atom is -0.258 e. The van der Waals surface area contributed by atoms with Crippen molar-refractivity contribution in [2.24, 2.45) is 0 Å². The van der Waals surface area contributed by atoms with Crippen LogP contribution in [0.15, 0.2) is 27.0 Å². The van der Waals surface area contributed by atoms with Crippen LogP contribution in [0.2, 0.25) is 0 Å². The van der Waals surface area contributed by atoms with Crippen LogP contribution in [-0.4, -0.2) is 14.3 Å². The number of benzene rings is 1. The average Bonchev–Trinajstić information content (AvgIpc) is 2.85. The van der Waals surface area contributed by atoms with Crippen LogP contribution in [0.4, 0.5) is 5.69 Å². The molecule has 0 radical (unpaired) electrons. The number of aryl methyl sites for hydroxylation is 1. The third-order valence-electron chi connectivity index (χ3n) is 2.34. The Morgan fingerprint density at radius 2 is 2.32 bits per heavy atom. The van der Waals surface area contributed by atoms with Crippen molar-refractivity contribution < 1.29 is 4.92 Å². The molecule has 0 bridgehead atoms. The van der Waals surface area contributed by atoms with Crippen LogP contribution in [0.3, 0.4) is 0 Å². The van der Waals surface area contributed by atoms with Gasteiger partial charge in [0, 0.05) is 18.2 Å². The molecule has 0 aliphatic carbocycles. The minimum atomic E-state index is -0.390. The summed E-state index contributed by atoms with van der Waals surface area (Å²) >= 11 is 6.08. The van der Waals surface area contributed by atoms with Gasteiger partial charge in [0.05, 0.1) is 9.40 Å². The summed E-state index contributed by atoms with van der Waals surface area (Å²) in [6, 6.07) is 5.15. The van der Waals surface area contributed by atoms with Crippen molar-refractivity contribution in [3.8, 4) is 0 Å². The molecule has 0 aliphatic heterocycles. The molecule has 0 saturated heterocycles. The minimum absolute atomic E-state index is 0.0876. The van der Waals surface area contributed by atoms with Crippen molar-refractivity contribution in [1.82, 2.24) is 9.36 Å². The quantitative estimate of drug-likeness (QED) is 0.457. The summed E-state index contributed by atoms with van der Waals surface area (Å²) in [5.74, 6) is 1.49. The second-order valence-corrected chi connectivity index (χ2v) is 6.49. The lowest BCUT2D eigenvalue weighted by atomic mass is 10.2. The first-order chi connectivity index (χ1) is 9.10. The van der Waals surface area contributed by atoms with Crippen molar-refractivity contribution in [3.05, 3.63) is 44.2 Å². The summed E-state index contributed by atoms with van der Waals surface area (Å²) in [5.41, 5.74) is 0.984. The number of nitro benzene ring substituents is 1. The average molecular weight is 360 g/mol. The van der Waals surface area contributed by atoms with Crippen LogP contribution in [-0.2, 0) is 12.2 Å². The molecule has 0 N–H and O–H groups in total. The number of thioether (sulfide) groups is 1. The van der Waals surface area contributed by atoms with E-state index in [1.807, 2.05) is 13.0 Å². The van der Waals surface area contributed by atoms with Gasteiger partial charge in [0.2, 0.25) is 0 Å². The molecule has 1 heterocycles. The van der Waals surface area contributed by atoms with Crippen molar-refractivity contribution in [1.29, 1.82) is 0 Å². The Bertz CT molecular complexity index is 603. The summed E-state index contributed by atoms with van der Waals surface area (Å²) in [7, 11) is 0. The second-order valence-electron chi connectivity index (χ2n) is 3.66. The maximum Gasteiger partial charge on any atom is 0.283 e. The summed E-state index contributed by atoms with van der Waals surface area (Å²) in [6.07, 6.45) is 0.820. The SMILES string of the molecule is CCc1nsc(SCc2ccc(Br)c([N+](=O)[O-])c2)n1. The molecule has 1 aromatic heterocycles. The Morgan fingerprint density at radius 1 is 1.53 bits per heavy atom. The molecule has 0 amide bonds. The van der Waals surface area contributed by atoms with Crippen molar-refractivity contribution in [3.63, 3.8) is 0 Å². The fourth-order valence-corrected chi connectivity index (χ4v) is 3.40. The first kappa shape index (κ1) is 14.4. The van der Waals surface area contributed by atoms with E-state index in [-0.39, 0.29) is 5.69 Å². The first-order valence-electron chi connectivity index (χ1n) is 5.48. The topological polar surface area (TPSA) is 68.9 Å². The van der Waals surface area contributed by atoms with E-state index in [0.29, 0.717) is 10.2 Å². The number of nitrogens with zero attached hydrogens (tertiary/aromatic N) is 3. The Labute approximate surface area is 126 Å². The maximum atomic E-state index is 10.8. The molecular weight excluding hydrogens is 350 g/mol. The van der Waals surface area contributed by atoms with Crippen LogP contribution in [0.5, 0.6) is 0 Å². The Kier molecular flexibility index (Phi) is 4.89. The normalized spacial score (nSPS) is 10.6. The van der Waals surface area contributed by atoms with Crippen molar-refractivity contribution >= 4 is 44.9 Å². The fraction of sp³-hybridized carbons (Fsp3) is 0.273. The van der Waals surface area contributed by atoms with Crippen LogP contribution in [0, 0.1) is 10.1 Å². The molecular formula is C11H10BrN3O2S2. The Hall–Kier alpha value is -0.990. The molecule has 2 aromatic rings. The number of halogens is 1. The largest absolute Gasteiger partial charge is 0.283 e. The highest BCUT2D eigenvalue weighted by atomic mass is 79.9. The van der Waals surface area contributed by atoms with Crippen LogP contribution in [0.25, 0.3) is 0 Å². The highest BCUT2D eigenvalue weighted by molar-refractivity contribution is 9.10. The van der Waals surface area contributed by atoms with Gasteiger partial charge in [0.25, 0.3) is 5.69 Å². The summed E-state index contributed by atoms with van der Waals surface area (Å²) in [6.45, 7) is 2.01. The van der Waals surface area contributed by atoms with Gasteiger partial charge in [-0.25, -0.2) is 4.98 Å².